The number of thiophene rings is 1. The lowest BCUT2D eigenvalue weighted by Gasteiger charge is -2.27. The molecule has 0 spiro atoms. The maximum atomic E-state index is 12.3. The molecule has 0 unspecified atom stereocenters. The third-order valence-corrected chi connectivity index (χ3v) is 5.06. The van der Waals surface area contributed by atoms with Crippen LogP contribution in [0.1, 0.15) is 10.4 Å². The second kappa shape index (κ2) is 6.10. The van der Waals surface area contributed by atoms with Crippen LogP contribution in [0.4, 0.5) is 5.69 Å². The Labute approximate surface area is 136 Å². The summed E-state index contributed by atoms with van der Waals surface area (Å²) >= 11 is 7.70. The first-order valence-corrected chi connectivity index (χ1v) is 8.10. The number of nitrogens with one attached hydrogen (secondary N) is 1. The first-order valence-electron chi connectivity index (χ1n) is 6.85. The monoisotopic (exact) mass is 338 g/mol. The molecule has 6 nitrogen and oxygen atoms in total. The van der Waals surface area contributed by atoms with E-state index in [0.717, 1.165) is 17.6 Å². The number of halogens is 1. The quantitative estimate of drug-likeness (QED) is 0.920. The van der Waals surface area contributed by atoms with E-state index in [-0.39, 0.29) is 23.0 Å². The van der Waals surface area contributed by atoms with E-state index in [9.17, 15) is 9.59 Å². The molecule has 0 saturated carbocycles. The molecule has 0 radical (unpaired) electrons. The Morgan fingerprint density at radius 3 is 3.18 bits per heavy atom. The van der Waals surface area contributed by atoms with E-state index in [1.54, 1.807) is 11.3 Å². The molecule has 2 aromatic heterocycles. The SMILES string of the molecule is Cn1ncc(NCC(=O)N2CCc3sccc3C2)c(Cl)c1=O. The molecule has 116 valence electrons. The van der Waals surface area contributed by atoms with E-state index in [1.165, 1.54) is 23.7 Å². The molecule has 0 bridgehead atoms. The number of fused-ring (bicyclic) bond motifs is 1. The number of hydrogen-bond acceptors (Lipinski definition) is 5. The first-order chi connectivity index (χ1) is 10.6. The fourth-order valence-corrected chi connectivity index (χ4v) is 3.51. The minimum Gasteiger partial charge on any atom is -0.373 e. The van der Waals surface area contributed by atoms with Gasteiger partial charge >= 0.3 is 0 Å². The van der Waals surface area contributed by atoms with E-state index >= 15 is 0 Å². The van der Waals surface area contributed by atoms with Crippen molar-refractivity contribution >= 4 is 34.5 Å². The third kappa shape index (κ3) is 2.86. The maximum absolute atomic E-state index is 12.3. The van der Waals surface area contributed by atoms with Gasteiger partial charge in [-0.25, -0.2) is 4.68 Å². The zero-order valence-electron chi connectivity index (χ0n) is 12.0. The summed E-state index contributed by atoms with van der Waals surface area (Å²) in [7, 11) is 1.52. The molecule has 0 aromatic carbocycles. The molecule has 0 aliphatic carbocycles. The predicted octanol–water partition coefficient (Wildman–Crippen LogP) is 1.49. The molecule has 0 fully saturated rings. The van der Waals surface area contributed by atoms with Crippen LogP contribution in [0.15, 0.2) is 22.4 Å². The summed E-state index contributed by atoms with van der Waals surface area (Å²) < 4.78 is 1.15. The van der Waals surface area contributed by atoms with Crippen LogP contribution >= 0.6 is 22.9 Å². The van der Waals surface area contributed by atoms with Gasteiger partial charge in [-0.3, -0.25) is 9.59 Å². The van der Waals surface area contributed by atoms with Crippen LogP contribution in [-0.4, -0.2) is 33.7 Å². The van der Waals surface area contributed by atoms with E-state index in [2.05, 4.69) is 21.9 Å². The number of aryl methyl sites for hydroxylation is 1. The highest BCUT2D eigenvalue weighted by Gasteiger charge is 2.21. The van der Waals surface area contributed by atoms with E-state index < -0.39 is 0 Å². The topological polar surface area (TPSA) is 67.2 Å². The van der Waals surface area contributed by atoms with Crippen LogP contribution in [0.25, 0.3) is 0 Å². The van der Waals surface area contributed by atoms with Crippen molar-refractivity contribution in [2.75, 3.05) is 18.4 Å². The lowest BCUT2D eigenvalue weighted by Crippen LogP contribution is -2.39. The number of nitrogens with zero attached hydrogens (tertiary/aromatic N) is 3. The van der Waals surface area contributed by atoms with Crippen LogP contribution in [0.2, 0.25) is 5.02 Å². The van der Waals surface area contributed by atoms with Gasteiger partial charge in [-0.05, 0) is 23.4 Å². The van der Waals surface area contributed by atoms with Gasteiger partial charge < -0.3 is 10.2 Å². The number of amides is 1. The van der Waals surface area contributed by atoms with Gasteiger partial charge in [0, 0.05) is 25.0 Å². The molecule has 3 heterocycles. The van der Waals surface area contributed by atoms with Gasteiger partial charge in [-0.15, -0.1) is 11.3 Å². The molecule has 2 aromatic rings. The highest BCUT2D eigenvalue weighted by atomic mass is 35.5. The number of carbonyl (C=O) groups excluding carboxylic acids is 1. The van der Waals surface area contributed by atoms with E-state index in [1.807, 2.05) is 4.90 Å². The van der Waals surface area contributed by atoms with E-state index in [4.69, 9.17) is 11.6 Å². The Bertz CT molecular complexity index is 770. The summed E-state index contributed by atoms with van der Waals surface area (Å²) in [6.45, 7) is 1.45. The van der Waals surface area contributed by atoms with Crippen LogP contribution in [0, 0.1) is 0 Å². The zero-order chi connectivity index (χ0) is 15.7. The van der Waals surface area contributed by atoms with Gasteiger partial charge in [-0.1, -0.05) is 11.6 Å². The molecule has 1 aliphatic rings. The molecule has 1 N–H and O–H groups in total. The fourth-order valence-electron chi connectivity index (χ4n) is 2.38. The van der Waals surface area contributed by atoms with Gasteiger partial charge in [-0.2, -0.15) is 5.10 Å². The Morgan fingerprint density at radius 2 is 2.36 bits per heavy atom. The highest BCUT2D eigenvalue weighted by molar-refractivity contribution is 7.10. The van der Waals surface area contributed by atoms with Gasteiger partial charge in [0.2, 0.25) is 5.91 Å². The van der Waals surface area contributed by atoms with Crippen molar-refractivity contribution in [1.82, 2.24) is 14.7 Å². The minimum absolute atomic E-state index is 0.0198. The van der Waals surface area contributed by atoms with Crippen molar-refractivity contribution < 1.29 is 4.79 Å². The maximum Gasteiger partial charge on any atom is 0.287 e. The Balaban J connectivity index is 1.64. The molecule has 3 rings (SSSR count). The average molecular weight is 339 g/mol. The summed E-state index contributed by atoms with van der Waals surface area (Å²) in [6, 6.07) is 2.06. The smallest absolute Gasteiger partial charge is 0.287 e. The second-order valence-electron chi connectivity index (χ2n) is 5.09. The lowest BCUT2D eigenvalue weighted by atomic mass is 10.1. The molecule has 22 heavy (non-hydrogen) atoms. The van der Waals surface area contributed by atoms with Crippen molar-refractivity contribution in [2.24, 2.45) is 7.05 Å². The third-order valence-electron chi connectivity index (χ3n) is 3.67. The molecular formula is C14H15ClN4O2S. The average Bonchev–Trinajstić information content (AvgIpc) is 2.99. The number of carbonyl (C=O) groups is 1. The molecule has 0 saturated heterocycles. The molecule has 1 amide bonds. The Hall–Kier alpha value is -1.86. The van der Waals surface area contributed by atoms with Gasteiger partial charge in [0.1, 0.15) is 5.02 Å². The summed E-state index contributed by atoms with van der Waals surface area (Å²) in [5.74, 6) is -0.0198. The largest absolute Gasteiger partial charge is 0.373 e. The van der Waals surface area contributed by atoms with Crippen LogP contribution in [-0.2, 0) is 24.8 Å². The summed E-state index contributed by atoms with van der Waals surface area (Å²) in [5, 5.41) is 8.89. The second-order valence-corrected chi connectivity index (χ2v) is 6.47. The summed E-state index contributed by atoms with van der Waals surface area (Å²) in [4.78, 5) is 27.1. The predicted molar refractivity (Wildman–Crippen MR) is 86.4 cm³/mol. The Morgan fingerprint density at radius 1 is 1.55 bits per heavy atom. The molecular weight excluding hydrogens is 324 g/mol. The van der Waals surface area contributed by atoms with Gasteiger partial charge in [0.05, 0.1) is 18.4 Å². The van der Waals surface area contributed by atoms with Crippen molar-refractivity contribution in [2.45, 2.75) is 13.0 Å². The first kappa shape index (κ1) is 15.1. The minimum atomic E-state index is -0.389. The van der Waals surface area contributed by atoms with Crippen molar-refractivity contribution in [3.05, 3.63) is 43.5 Å². The molecule has 8 heteroatoms. The summed E-state index contributed by atoms with van der Waals surface area (Å²) in [5.41, 5.74) is 1.21. The van der Waals surface area contributed by atoms with Crippen LogP contribution in [0.3, 0.4) is 0 Å². The van der Waals surface area contributed by atoms with Gasteiger partial charge in [0.15, 0.2) is 0 Å². The standard InChI is InChI=1S/C14H15ClN4O2S/c1-18-14(21)13(15)10(6-17-18)16-7-12(20)19-4-2-11-9(8-19)3-5-22-11/h3,5-6,16H,2,4,7-8H2,1H3. The van der Waals surface area contributed by atoms with Crippen LogP contribution < -0.4 is 10.9 Å². The Kier molecular flexibility index (Phi) is 4.17. The normalized spacial score (nSPS) is 13.8. The van der Waals surface area contributed by atoms with Crippen LogP contribution in [0.5, 0.6) is 0 Å². The fraction of sp³-hybridized carbons (Fsp3) is 0.357. The van der Waals surface area contributed by atoms with Crippen molar-refractivity contribution in [3.63, 3.8) is 0 Å². The summed E-state index contributed by atoms with van der Waals surface area (Å²) in [6.07, 6.45) is 2.34. The number of anilines is 1. The number of aromatic nitrogens is 2. The highest BCUT2D eigenvalue weighted by Crippen LogP contribution is 2.24. The number of hydrogen-bond donors (Lipinski definition) is 1. The van der Waals surface area contributed by atoms with Gasteiger partial charge in [0.25, 0.3) is 5.56 Å². The molecule has 1 aliphatic heterocycles. The van der Waals surface area contributed by atoms with Crippen molar-refractivity contribution in [3.8, 4) is 0 Å². The molecule has 0 atom stereocenters. The van der Waals surface area contributed by atoms with E-state index in [0.29, 0.717) is 12.2 Å². The zero-order valence-corrected chi connectivity index (χ0v) is 13.6. The number of rotatable bonds is 3. The lowest BCUT2D eigenvalue weighted by molar-refractivity contribution is -0.130. The van der Waals surface area contributed by atoms with Crippen molar-refractivity contribution in [1.29, 1.82) is 0 Å².